The van der Waals surface area contributed by atoms with Crippen LogP contribution in [-0.4, -0.2) is 43.8 Å². The van der Waals surface area contributed by atoms with Crippen molar-refractivity contribution in [3.05, 3.63) is 29.8 Å². The van der Waals surface area contributed by atoms with Crippen molar-refractivity contribution in [1.29, 1.82) is 0 Å². The van der Waals surface area contributed by atoms with Crippen molar-refractivity contribution >= 4 is 11.7 Å². The molecule has 0 aromatic heterocycles. The maximum absolute atomic E-state index is 12.4. The number of ether oxygens (including phenoxy) is 1. The molecular weight excluding hydrogens is 326 g/mol. The quantitative estimate of drug-likeness (QED) is 0.811. The van der Waals surface area contributed by atoms with Gasteiger partial charge in [-0.3, -0.25) is 0 Å². The minimum Gasteiger partial charge on any atom is -0.378 e. The molecule has 5 heteroatoms. The second kappa shape index (κ2) is 9.93. The second-order valence-electron chi connectivity index (χ2n) is 7.69. The summed E-state index contributed by atoms with van der Waals surface area (Å²) in [4.78, 5) is 14.3. The lowest BCUT2D eigenvalue weighted by Gasteiger charge is -2.28. The van der Waals surface area contributed by atoms with Gasteiger partial charge in [-0.2, -0.15) is 0 Å². The molecule has 1 unspecified atom stereocenters. The summed E-state index contributed by atoms with van der Waals surface area (Å²) in [6.45, 7) is 6.75. The highest BCUT2D eigenvalue weighted by Gasteiger charge is 2.20. The van der Waals surface area contributed by atoms with E-state index < -0.39 is 0 Å². The lowest BCUT2D eigenvalue weighted by atomic mass is 9.81. The molecular formula is C21H33N3O2. The fraction of sp³-hybridized carbons (Fsp3) is 0.667. The van der Waals surface area contributed by atoms with E-state index in [1.165, 1.54) is 32.1 Å². The zero-order valence-electron chi connectivity index (χ0n) is 16.0. The Labute approximate surface area is 157 Å². The van der Waals surface area contributed by atoms with Crippen LogP contribution in [0.25, 0.3) is 0 Å². The highest BCUT2D eigenvalue weighted by Crippen LogP contribution is 2.29. The van der Waals surface area contributed by atoms with Gasteiger partial charge >= 0.3 is 6.03 Å². The van der Waals surface area contributed by atoms with Gasteiger partial charge in [0.15, 0.2) is 0 Å². The van der Waals surface area contributed by atoms with Crippen molar-refractivity contribution in [1.82, 2.24) is 10.2 Å². The van der Waals surface area contributed by atoms with E-state index in [1.807, 2.05) is 23.1 Å². The molecule has 0 bridgehead atoms. The van der Waals surface area contributed by atoms with Crippen molar-refractivity contribution < 1.29 is 9.53 Å². The molecule has 1 saturated carbocycles. The van der Waals surface area contributed by atoms with E-state index >= 15 is 0 Å². The van der Waals surface area contributed by atoms with Crippen LogP contribution in [0.4, 0.5) is 10.5 Å². The Morgan fingerprint density at radius 2 is 1.92 bits per heavy atom. The molecule has 1 aromatic rings. The molecule has 1 aliphatic carbocycles. The zero-order valence-corrected chi connectivity index (χ0v) is 16.0. The topological polar surface area (TPSA) is 53.6 Å². The van der Waals surface area contributed by atoms with Gasteiger partial charge in [-0.25, -0.2) is 4.79 Å². The molecule has 3 rings (SSSR count). The first kappa shape index (κ1) is 19.2. The largest absolute Gasteiger partial charge is 0.378 e. The average Bonchev–Trinajstić information content (AvgIpc) is 2.70. The first-order chi connectivity index (χ1) is 12.7. The van der Waals surface area contributed by atoms with Crippen molar-refractivity contribution in [2.24, 2.45) is 11.8 Å². The van der Waals surface area contributed by atoms with Gasteiger partial charge in [0, 0.05) is 25.3 Å². The van der Waals surface area contributed by atoms with E-state index in [0.29, 0.717) is 32.2 Å². The van der Waals surface area contributed by atoms with E-state index in [4.69, 9.17) is 4.74 Å². The minimum absolute atomic E-state index is 0.0312. The molecule has 1 aromatic carbocycles. The normalized spacial score (nSPS) is 20.0. The first-order valence-electron chi connectivity index (χ1n) is 10.2. The number of carbonyl (C=O) groups is 1. The van der Waals surface area contributed by atoms with Gasteiger partial charge in [0.05, 0.1) is 13.2 Å². The molecule has 0 radical (unpaired) electrons. The Balaban J connectivity index is 1.49. The highest BCUT2D eigenvalue weighted by atomic mass is 16.5. The lowest BCUT2D eigenvalue weighted by Crippen LogP contribution is -2.43. The Kier molecular flexibility index (Phi) is 7.32. The summed E-state index contributed by atoms with van der Waals surface area (Å²) in [6, 6.07) is 8.05. The van der Waals surface area contributed by atoms with Crippen LogP contribution in [0.15, 0.2) is 24.3 Å². The second-order valence-corrected chi connectivity index (χ2v) is 7.69. The molecule has 1 heterocycles. The Morgan fingerprint density at radius 3 is 2.69 bits per heavy atom. The van der Waals surface area contributed by atoms with E-state index in [9.17, 15) is 4.79 Å². The summed E-state index contributed by atoms with van der Waals surface area (Å²) in [5.41, 5.74) is 2.05. The van der Waals surface area contributed by atoms with Crippen LogP contribution in [0.2, 0.25) is 0 Å². The highest BCUT2D eigenvalue weighted by molar-refractivity contribution is 5.90. The monoisotopic (exact) mass is 359 g/mol. The van der Waals surface area contributed by atoms with Crippen molar-refractivity contribution in [3.8, 4) is 0 Å². The summed E-state index contributed by atoms with van der Waals surface area (Å²) in [6.07, 6.45) is 6.97. The number of morpholine rings is 1. The van der Waals surface area contributed by atoms with E-state index in [-0.39, 0.29) is 6.03 Å². The lowest BCUT2D eigenvalue weighted by molar-refractivity contribution is 0.0564. The standard InChI is InChI=1S/C21H33N3O2/c1-17(18-7-3-2-4-8-18)15-22-16-19-9-5-6-10-20(19)23-21(25)24-11-13-26-14-12-24/h5-6,9-10,17-18,22H,2-4,7-8,11-16H2,1H3,(H,23,25). The fourth-order valence-electron chi connectivity index (χ4n) is 4.06. The third-order valence-electron chi connectivity index (χ3n) is 5.79. The summed E-state index contributed by atoms with van der Waals surface area (Å²) < 4.78 is 5.32. The van der Waals surface area contributed by atoms with Crippen LogP contribution in [0.1, 0.15) is 44.6 Å². The van der Waals surface area contributed by atoms with Gasteiger partial charge in [-0.05, 0) is 30.0 Å². The number of anilines is 1. The predicted molar refractivity (Wildman–Crippen MR) is 105 cm³/mol. The Bertz CT molecular complexity index is 566. The van der Waals surface area contributed by atoms with Crippen LogP contribution < -0.4 is 10.6 Å². The summed E-state index contributed by atoms with van der Waals surface area (Å²) in [5.74, 6) is 1.58. The van der Waals surface area contributed by atoms with Gasteiger partial charge in [0.2, 0.25) is 0 Å². The average molecular weight is 360 g/mol. The molecule has 2 N–H and O–H groups in total. The molecule has 1 atom stereocenters. The molecule has 1 aliphatic heterocycles. The number of rotatable bonds is 6. The van der Waals surface area contributed by atoms with E-state index in [1.54, 1.807) is 0 Å². The number of nitrogens with zero attached hydrogens (tertiary/aromatic N) is 1. The molecule has 0 spiro atoms. The zero-order chi connectivity index (χ0) is 18.2. The molecule has 5 nitrogen and oxygen atoms in total. The van der Waals surface area contributed by atoms with Crippen LogP contribution >= 0.6 is 0 Å². The molecule has 1 saturated heterocycles. The van der Waals surface area contributed by atoms with Gasteiger partial charge in [-0.15, -0.1) is 0 Å². The maximum atomic E-state index is 12.4. The van der Waals surface area contributed by atoms with Crippen LogP contribution in [0, 0.1) is 11.8 Å². The molecule has 2 amide bonds. The number of amides is 2. The molecule has 2 fully saturated rings. The van der Waals surface area contributed by atoms with Crippen molar-refractivity contribution in [2.45, 2.75) is 45.6 Å². The molecule has 26 heavy (non-hydrogen) atoms. The summed E-state index contributed by atoms with van der Waals surface area (Å²) in [7, 11) is 0. The van der Waals surface area contributed by atoms with Gasteiger partial charge in [0.1, 0.15) is 0 Å². The number of hydrogen-bond donors (Lipinski definition) is 2. The smallest absolute Gasteiger partial charge is 0.322 e. The predicted octanol–water partition coefficient (Wildman–Crippen LogP) is 3.86. The van der Waals surface area contributed by atoms with Crippen molar-refractivity contribution in [2.75, 3.05) is 38.2 Å². The van der Waals surface area contributed by atoms with Gasteiger partial charge < -0.3 is 20.3 Å². The summed E-state index contributed by atoms with van der Waals surface area (Å²) >= 11 is 0. The SMILES string of the molecule is CC(CNCc1ccccc1NC(=O)N1CCOCC1)C1CCCCC1. The number of hydrogen-bond acceptors (Lipinski definition) is 3. The number of benzene rings is 1. The van der Waals surface area contributed by atoms with Crippen LogP contribution in [0.5, 0.6) is 0 Å². The summed E-state index contributed by atoms with van der Waals surface area (Å²) in [5, 5.41) is 6.68. The number of carbonyl (C=O) groups excluding carboxylic acids is 1. The van der Waals surface area contributed by atoms with Crippen LogP contribution in [-0.2, 0) is 11.3 Å². The van der Waals surface area contributed by atoms with E-state index in [2.05, 4.69) is 23.6 Å². The third kappa shape index (κ3) is 5.45. The third-order valence-corrected chi connectivity index (χ3v) is 5.79. The number of para-hydroxylation sites is 1. The molecule has 2 aliphatic rings. The number of nitrogens with one attached hydrogen (secondary N) is 2. The number of urea groups is 1. The van der Waals surface area contributed by atoms with E-state index in [0.717, 1.165) is 30.3 Å². The minimum atomic E-state index is -0.0312. The van der Waals surface area contributed by atoms with Crippen LogP contribution in [0.3, 0.4) is 0 Å². The van der Waals surface area contributed by atoms with Gasteiger partial charge in [-0.1, -0.05) is 57.2 Å². The Morgan fingerprint density at radius 1 is 1.19 bits per heavy atom. The molecule has 144 valence electrons. The maximum Gasteiger partial charge on any atom is 0.322 e. The Hall–Kier alpha value is -1.59. The van der Waals surface area contributed by atoms with Crippen molar-refractivity contribution in [3.63, 3.8) is 0 Å². The first-order valence-corrected chi connectivity index (χ1v) is 10.2. The van der Waals surface area contributed by atoms with Gasteiger partial charge in [0.25, 0.3) is 0 Å². The fourth-order valence-corrected chi connectivity index (χ4v) is 4.06.